The molecule has 0 aromatic heterocycles. The largest absolute Gasteiger partial charge is 0.339 e. The van der Waals surface area contributed by atoms with Gasteiger partial charge in [-0.1, -0.05) is 36.4 Å². The molecule has 0 saturated carbocycles. The summed E-state index contributed by atoms with van der Waals surface area (Å²) in [6, 6.07) is 24.3. The third-order valence-electron chi connectivity index (χ3n) is 7.63. The minimum atomic E-state index is -0.540. The molecule has 2 fully saturated rings. The molecule has 37 heavy (non-hydrogen) atoms. The van der Waals surface area contributed by atoms with E-state index in [9.17, 15) is 14.0 Å². The van der Waals surface area contributed by atoms with Gasteiger partial charge in [-0.25, -0.2) is 4.39 Å². The second-order valence-electron chi connectivity index (χ2n) is 9.91. The first-order valence-electron chi connectivity index (χ1n) is 12.8. The second kappa shape index (κ2) is 11.3. The fraction of sp³-hybridized carbons (Fsp3) is 0.333. The van der Waals surface area contributed by atoms with Crippen molar-refractivity contribution < 1.29 is 14.0 Å². The molecular weight excluding hydrogens is 580 g/mol. The molecular formula is C30H31FIN3O2. The maximum absolute atomic E-state index is 14.0. The van der Waals surface area contributed by atoms with E-state index in [-0.39, 0.29) is 17.5 Å². The molecule has 192 valence electrons. The smallest absolute Gasteiger partial charge is 0.250 e. The monoisotopic (exact) mass is 611 g/mol. The molecule has 5 nitrogen and oxygen atoms in total. The van der Waals surface area contributed by atoms with E-state index in [0.717, 1.165) is 44.6 Å². The quantitative estimate of drug-likeness (QED) is 0.241. The van der Waals surface area contributed by atoms with Crippen LogP contribution in [0.3, 0.4) is 0 Å². The van der Waals surface area contributed by atoms with Crippen LogP contribution in [0.4, 0.5) is 10.1 Å². The van der Waals surface area contributed by atoms with Crippen molar-refractivity contribution in [2.24, 2.45) is 0 Å². The summed E-state index contributed by atoms with van der Waals surface area (Å²) in [4.78, 5) is 33.1. The number of hydrogen-bond donors (Lipinski definition) is 0. The summed E-state index contributed by atoms with van der Waals surface area (Å²) in [7, 11) is 0. The van der Waals surface area contributed by atoms with Gasteiger partial charge in [-0.2, -0.15) is 0 Å². The Kier molecular flexibility index (Phi) is 7.90. The number of carbonyl (C=O) groups excluding carboxylic acids is 2. The van der Waals surface area contributed by atoms with Gasteiger partial charge < -0.3 is 14.7 Å². The zero-order chi connectivity index (χ0) is 25.8. The number of benzene rings is 3. The van der Waals surface area contributed by atoms with E-state index in [0.29, 0.717) is 25.2 Å². The minimum absolute atomic E-state index is 0.0425. The first-order valence-corrected chi connectivity index (χ1v) is 13.9. The molecule has 0 unspecified atom stereocenters. The summed E-state index contributed by atoms with van der Waals surface area (Å²) in [5.41, 5.74) is 2.27. The van der Waals surface area contributed by atoms with Crippen molar-refractivity contribution in [3.63, 3.8) is 0 Å². The summed E-state index contributed by atoms with van der Waals surface area (Å²) >= 11 is 2.34. The third kappa shape index (κ3) is 5.57. The summed E-state index contributed by atoms with van der Waals surface area (Å²) < 4.78 is 14.3. The number of ketones is 1. The van der Waals surface area contributed by atoms with E-state index < -0.39 is 5.54 Å². The van der Waals surface area contributed by atoms with Crippen molar-refractivity contribution in [1.29, 1.82) is 0 Å². The van der Waals surface area contributed by atoms with Gasteiger partial charge in [0.25, 0.3) is 0 Å². The third-order valence-corrected chi connectivity index (χ3v) is 8.68. The summed E-state index contributed by atoms with van der Waals surface area (Å²) in [6.45, 7) is 3.64. The van der Waals surface area contributed by atoms with Crippen LogP contribution in [0.2, 0.25) is 0 Å². The van der Waals surface area contributed by atoms with Gasteiger partial charge in [0, 0.05) is 40.9 Å². The van der Waals surface area contributed by atoms with Crippen LogP contribution in [0.15, 0.2) is 78.9 Å². The Morgan fingerprint density at radius 3 is 2.30 bits per heavy atom. The number of likely N-dealkylation sites (tertiary alicyclic amines) is 1. The average molecular weight is 611 g/mol. The molecule has 7 heteroatoms. The molecule has 1 spiro atoms. The number of halogens is 2. The molecule has 0 radical (unpaired) electrons. The molecule has 0 N–H and O–H groups in total. The van der Waals surface area contributed by atoms with Crippen LogP contribution in [0.25, 0.3) is 0 Å². The highest BCUT2D eigenvalue weighted by molar-refractivity contribution is 14.1. The fourth-order valence-electron chi connectivity index (χ4n) is 5.54. The highest BCUT2D eigenvalue weighted by Gasteiger charge is 2.53. The van der Waals surface area contributed by atoms with Gasteiger partial charge in [0.2, 0.25) is 5.91 Å². The Bertz CT molecular complexity index is 1240. The fourth-order valence-corrected chi connectivity index (χ4v) is 6.10. The van der Waals surface area contributed by atoms with Crippen LogP contribution in [0, 0.1) is 9.39 Å². The maximum Gasteiger partial charge on any atom is 0.250 e. The number of hydrogen-bond acceptors (Lipinski definition) is 4. The van der Waals surface area contributed by atoms with Gasteiger partial charge in [0.1, 0.15) is 11.4 Å². The Balaban J connectivity index is 1.24. The number of carbonyl (C=O) groups is 2. The Labute approximate surface area is 231 Å². The summed E-state index contributed by atoms with van der Waals surface area (Å²) in [5, 5.41) is 0. The van der Waals surface area contributed by atoms with Crippen molar-refractivity contribution in [3.05, 3.63) is 99.4 Å². The number of amides is 1. The number of rotatable bonds is 8. The van der Waals surface area contributed by atoms with Crippen molar-refractivity contribution in [1.82, 2.24) is 9.80 Å². The van der Waals surface area contributed by atoms with E-state index >= 15 is 0 Å². The molecule has 2 heterocycles. The number of Topliss-reactive ketones (excluding diaryl/α,β-unsaturated/α-hetero) is 1. The van der Waals surface area contributed by atoms with Gasteiger partial charge >= 0.3 is 0 Å². The zero-order valence-electron chi connectivity index (χ0n) is 20.8. The first kappa shape index (κ1) is 25.9. The van der Waals surface area contributed by atoms with Crippen LogP contribution in [0.1, 0.15) is 41.6 Å². The van der Waals surface area contributed by atoms with Gasteiger partial charge in [0.15, 0.2) is 5.78 Å². The van der Waals surface area contributed by atoms with Crippen LogP contribution >= 0.6 is 22.6 Å². The molecule has 0 aliphatic carbocycles. The van der Waals surface area contributed by atoms with Crippen LogP contribution in [-0.4, -0.2) is 53.3 Å². The van der Waals surface area contributed by atoms with E-state index in [2.05, 4.69) is 56.7 Å². The molecule has 2 aliphatic rings. The van der Waals surface area contributed by atoms with E-state index in [1.165, 1.54) is 21.3 Å². The predicted molar refractivity (Wildman–Crippen MR) is 152 cm³/mol. The van der Waals surface area contributed by atoms with E-state index in [4.69, 9.17) is 0 Å². The van der Waals surface area contributed by atoms with Crippen molar-refractivity contribution in [2.45, 2.75) is 37.8 Å². The zero-order valence-corrected chi connectivity index (χ0v) is 22.9. The van der Waals surface area contributed by atoms with E-state index in [1.807, 2.05) is 35.2 Å². The molecule has 0 bridgehead atoms. The topological polar surface area (TPSA) is 43.9 Å². The summed E-state index contributed by atoms with van der Waals surface area (Å²) in [6.07, 6.45) is 2.70. The average Bonchev–Trinajstić information content (AvgIpc) is 3.18. The number of para-hydroxylation sites is 1. The van der Waals surface area contributed by atoms with Gasteiger partial charge in [-0.3, -0.25) is 9.59 Å². The van der Waals surface area contributed by atoms with Crippen LogP contribution < -0.4 is 4.90 Å². The lowest BCUT2D eigenvalue weighted by Gasteiger charge is -2.43. The predicted octanol–water partition coefficient (Wildman–Crippen LogP) is 5.73. The Hall–Kier alpha value is -2.78. The molecule has 0 atom stereocenters. The van der Waals surface area contributed by atoms with Crippen LogP contribution in [0.5, 0.6) is 0 Å². The maximum atomic E-state index is 14.0. The van der Waals surface area contributed by atoms with Crippen LogP contribution in [-0.2, 0) is 11.3 Å². The van der Waals surface area contributed by atoms with Crippen molar-refractivity contribution >= 4 is 40.0 Å². The SMILES string of the molecule is O=C(CCCN1CCC2(CC1)C(=O)N(Cc1ccccc1I)CN2c1ccccc1)c1ccc(F)cc1. The van der Waals surface area contributed by atoms with E-state index in [1.54, 1.807) is 12.1 Å². The number of nitrogens with zero attached hydrogens (tertiary/aromatic N) is 3. The Morgan fingerprint density at radius 1 is 0.919 bits per heavy atom. The molecule has 2 saturated heterocycles. The molecule has 1 amide bonds. The first-order chi connectivity index (χ1) is 18.0. The highest BCUT2D eigenvalue weighted by atomic mass is 127. The van der Waals surface area contributed by atoms with Crippen molar-refractivity contribution in [3.8, 4) is 0 Å². The molecule has 2 aliphatic heterocycles. The standard InChI is InChI=1S/C30H31FIN3O2/c31-25-14-12-23(13-15-25)28(36)11-6-18-33-19-16-30(17-20-33)29(37)34(21-24-7-4-5-10-27(24)32)22-35(30)26-8-2-1-3-9-26/h1-5,7-10,12-15H,6,11,16-22H2. The normalized spacial score (nSPS) is 17.5. The Morgan fingerprint density at radius 2 is 1.59 bits per heavy atom. The summed E-state index contributed by atoms with van der Waals surface area (Å²) in [5.74, 6) is -0.0788. The van der Waals surface area contributed by atoms with Gasteiger partial charge in [0.05, 0.1) is 6.67 Å². The molecule has 3 aromatic carbocycles. The lowest BCUT2D eigenvalue weighted by molar-refractivity contribution is -0.134. The van der Waals surface area contributed by atoms with Gasteiger partial charge in [-0.05, 0) is 96.4 Å². The van der Waals surface area contributed by atoms with Crippen molar-refractivity contribution in [2.75, 3.05) is 31.2 Å². The lowest BCUT2D eigenvalue weighted by atomic mass is 9.85. The molecule has 3 aromatic rings. The highest BCUT2D eigenvalue weighted by Crippen LogP contribution is 2.40. The second-order valence-corrected chi connectivity index (χ2v) is 11.1. The number of anilines is 1. The number of piperidine rings is 1. The molecule has 5 rings (SSSR count). The minimum Gasteiger partial charge on any atom is -0.339 e. The van der Waals surface area contributed by atoms with Gasteiger partial charge in [-0.15, -0.1) is 0 Å². The lowest BCUT2D eigenvalue weighted by Crippen LogP contribution is -2.56.